The minimum absolute atomic E-state index is 0.742. The first kappa shape index (κ1) is 11.8. The third-order valence-corrected chi connectivity index (χ3v) is 2.95. The lowest BCUT2D eigenvalue weighted by atomic mass is 10.2. The molecule has 5 nitrogen and oxygen atoms in total. The van der Waals surface area contributed by atoms with E-state index in [0.717, 1.165) is 35.4 Å². The van der Waals surface area contributed by atoms with Crippen LogP contribution in [0.1, 0.15) is 12.6 Å². The van der Waals surface area contributed by atoms with Crippen molar-refractivity contribution in [3.63, 3.8) is 0 Å². The van der Waals surface area contributed by atoms with Gasteiger partial charge in [-0.1, -0.05) is 18.2 Å². The molecule has 96 valence electrons. The summed E-state index contributed by atoms with van der Waals surface area (Å²) in [5.41, 5.74) is 2.92. The fourth-order valence-corrected chi connectivity index (χ4v) is 1.96. The van der Waals surface area contributed by atoms with Crippen LogP contribution in [0.2, 0.25) is 0 Å². The Hall–Kier alpha value is -2.27. The molecule has 0 saturated carbocycles. The number of nitrogens with one attached hydrogen (secondary N) is 1. The van der Waals surface area contributed by atoms with Crippen molar-refractivity contribution in [3.8, 4) is 5.69 Å². The fourth-order valence-electron chi connectivity index (χ4n) is 1.96. The SMILES string of the molecule is CCNCc1cn(-c2ccc3ncccc3c2)nn1. The largest absolute Gasteiger partial charge is 0.311 e. The van der Waals surface area contributed by atoms with Gasteiger partial charge in [-0.15, -0.1) is 5.10 Å². The Morgan fingerprint density at radius 2 is 2.21 bits per heavy atom. The van der Waals surface area contributed by atoms with Crippen LogP contribution >= 0.6 is 0 Å². The van der Waals surface area contributed by atoms with Crippen LogP contribution in [0.15, 0.2) is 42.7 Å². The van der Waals surface area contributed by atoms with E-state index in [4.69, 9.17) is 0 Å². The van der Waals surface area contributed by atoms with Gasteiger partial charge in [-0.2, -0.15) is 0 Å². The summed E-state index contributed by atoms with van der Waals surface area (Å²) in [5.74, 6) is 0. The molecule has 2 heterocycles. The Kier molecular flexibility index (Phi) is 3.20. The van der Waals surface area contributed by atoms with Crippen LogP contribution in [-0.4, -0.2) is 26.5 Å². The minimum Gasteiger partial charge on any atom is -0.311 e. The van der Waals surface area contributed by atoms with Gasteiger partial charge in [0.05, 0.1) is 23.1 Å². The van der Waals surface area contributed by atoms with E-state index in [1.165, 1.54) is 0 Å². The van der Waals surface area contributed by atoms with E-state index in [1.54, 1.807) is 10.9 Å². The first-order valence-corrected chi connectivity index (χ1v) is 6.34. The summed E-state index contributed by atoms with van der Waals surface area (Å²) in [6, 6.07) is 10.0. The van der Waals surface area contributed by atoms with Gasteiger partial charge in [-0.3, -0.25) is 4.98 Å². The molecule has 0 saturated heterocycles. The second kappa shape index (κ2) is 5.16. The highest BCUT2D eigenvalue weighted by Crippen LogP contribution is 2.15. The second-order valence-electron chi connectivity index (χ2n) is 4.32. The molecule has 0 atom stereocenters. The van der Waals surface area contributed by atoms with E-state index >= 15 is 0 Å². The highest BCUT2D eigenvalue weighted by atomic mass is 15.4. The Labute approximate surface area is 111 Å². The number of nitrogens with zero attached hydrogens (tertiary/aromatic N) is 4. The molecule has 19 heavy (non-hydrogen) atoms. The second-order valence-corrected chi connectivity index (χ2v) is 4.32. The molecule has 0 unspecified atom stereocenters. The van der Waals surface area contributed by atoms with Gasteiger partial charge in [0.2, 0.25) is 0 Å². The van der Waals surface area contributed by atoms with Crippen LogP contribution in [-0.2, 0) is 6.54 Å². The van der Waals surface area contributed by atoms with Crippen LogP contribution < -0.4 is 5.32 Å². The summed E-state index contributed by atoms with van der Waals surface area (Å²) in [7, 11) is 0. The highest BCUT2D eigenvalue weighted by Gasteiger charge is 2.03. The van der Waals surface area contributed by atoms with Crippen LogP contribution in [0.25, 0.3) is 16.6 Å². The van der Waals surface area contributed by atoms with Crippen molar-refractivity contribution in [1.82, 2.24) is 25.3 Å². The summed E-state index contributed by atoms with van der Waals surface area (Å²) in [5, 5.41) is 12.6. The zero-order valence-electron chi connectivity index (χ0n) is 10.7. The van der Waals surface area contributed by atoms with Gasteiger partial charge >= 0.3 is 0 Å². The van der Waals surface area contributed by atoms with Gasteiger partial charge in [0.25, 0.3) is 0 Å². The molecule has 0 bridgehead atoms. The molecule has 0 aliphatic carbocycles. The lowest BCUT2D eigenvalue weighted by Gasteiger charge is -2.02. The molecule has 3 rings (SSSR count). The molecule has 0 fully saturated rings. The van der Waals surface area contributed by atoms with E-state index in [0.29, 0.717) is 0 Å². The van der Waals surface area contributed by atoms with Gasteiger partial charge in [-0.25, -0.2) is 4.68 Å². The van der Waals surface area contributed by atoms with Crippen molar-refractivity contribution in [2.24, 2.45) is 0 Å². The lowest BCUT2D eigenvalue weighted by Crippen LogP contribution is -2.11. The number of benzene rings is 1. The molecule has 0 spiro atoms. The van der Waals surface area contributed by atoms with Crippen LogP contribution in [0.4, 0.5) is 0 Å². The Balaban J connectivity index is 1.92. The molecule has 5 heteroatoms. The lowest BCUT2D eigenvalue weighted by molar-refractivity contribution is 0.705. The van der Waals surface area contributed by atoms with Crippen LogP contribution in [0.5, 0.6) is 0 Å². The molecule has 3 aromatic rings. The molecule has 0 aliphatic rings. The van der Waals surface area contributed by atoms with Gasteiger partial charge in [0.1, 0.15) is 0 Å². The molecule has 1 aromatic carbocycles. The highest BCUT2D eigenvalue weighted by molar-refractivity contribution is 5.80. The van der Waals surface area contributed by atoms with Gasteiger partial charge < -0.3 is 5.32 Å². The van der Waals surface area contributed by atoms with Crippen molar-refractivity contribution in [3.05, 3.63) is 48.4 Å². The van der Waals surface area contributed by atoms with Crippen molar-refractivity contribution < 1.29 is 0 Å². The van der Waals surface area contributed by atoms with Gasteiger partial charge in [0, 0.05) is 18.1 Å². The van der Waals surface area contributed by atoms with E-state index in [9.17, 15) is 0 Å². The average molecular weight is 253 g/mol. The minimum atomic E-state index is 0.742. The monoisotopic (exact) mass is 253 g/mol. The summed E-state index contributed by atoms with van der Waals surface area (Å²) in [4.78, 5) is 4.31. The molecular formula is C14H15N5. The first-order valence-electron chi connectivity index (χ1n) is 6.34. The predicted octanol–water partition coefficient (Wildman–Crippen LogP) is 1.92. The quantitative estimate of drug-likeness (QED) is 0.772. The predicted molar refractivity (Wildman–Crippen MR) is 74.0 cm³/mol. The number of hydrogen-bond donors (Lipinski definition) is 1. The van der Waals surface area contributed by atoms with Crippen LogP contribution in [0.3, 0.4) is 0 Å². The number of pyridine rings is 1. The number of hydrogen-bond acceptors (Lipinski definition) is 4. The van der Waals surface area contributed by atoms with E-state index in [-0.39, 0.29) is 0 Å². The zero-order chi connectivity index (χ0) is 13.1. The molecule has 0 aliphatic heterocycles. The van der Waals surface area contributed by atoms with E-state index in [2.05, 4.69) is 33.6 Å². The molecule has 2 aromatic heterocycles. The number of aromatic nitrogens is 4. The van der Waals surface area contributed by atoms with E-state index in [1.807, 2.05) is 30.5 Å². The Morgan fingerprint density at radius 3 is 3.11 bits per heavy atom. The van der Waals surface area contributed by atoms with Crippen LogP contribution in [0, 0.1) is 0 Å². The maximum atomic E-state index is 4.31. The Morgan fingerprint density at radius 1 is 1.26 bits per heavy atom. The number of fused-ring (bicyclic) bond motifs is 1. The summed E-state index contributed by atoms with van der Waals surface area (Å²) < 4.78 is 1.79. The normalized spacial score (nSPS) is 11.0. The molecule has 1 N–H and O–H groups in total. The average Bonchev–Trinajstić information content (AvgIpc) is 2.93. The van der Waals surface area contributed by atoms with Crippen molar-refractivity contribution in [1.29, 1.82) is 0 Å². The van der Waals surface area contributed by atoms with Crippen molar-refractivity contribution >= 4 is 10.9 Å². The van der Waals surface area contributed by atoms with Crippen molar-refractivity contribution in [2.45, 2.75) is 13.5 Å². The topological polar surface area (TPSA) is 55.6 Å². The third-order valence-electron chi connectivity index (χ3n) is 2.95. The fraction of sp³-hybridized carbons (Fsp3) is 0.214. The number of rotatable bonds is 4. The van der Waals surface area contributed by atoms with Crippen molar-refractivity contribution in [2.75, 3.05) is 6.54 Å². The molecule has 0 radical (unpaired) electrons. The maximum Gasteiger partial charge on any atom is 0.0969 e. The smallest absolute Gasteiger partial charge is 0.0969 e. The first-order chi connectivity index (χ1) is 9.36. The molecular weight excluding hydrogens is 238 g/mol. The van der Waals surface area contributed by atoms with Gasteiger partial charge in [0.15, 0.2) is 0 Å². The Bertz CT molecular complexity index is 689. The third kappa shape index (κ3) is 2.46. The summed E-state index contributed by atoms with van der Waals surface area (Å²) in [6.45, 7) is 3.74. The van der Waals surface area contributed by atoms with Gasteiger partial charge in [-0.05, 0) is 30.8 Å². The maximum absolute atomic E-state index is 4.31. The summed E-state index contributed by atoms with van der Waals surface area (Å²) in [6.07, 6.45) is 3.74. The zero-order valence-corrected chi connectivity index (χ0v) is 10.7. The molecule has 0 amide bonds. The standard InChI is InChI=1S/C14H15N5/c1-2-15-9-12-10-19(18-17-12)13-5-6-14-11(8-13)4-3-7-16-14/h3-8,10,15H,2,9H2,1H3. The van der Waals surface area contributed by atoms with E-state index < -0.39 is 0 Å². The summed E-state index contributed by atoms with van der Waals surface area (Å²) >= 11 is 0.